The molecule has 0 spiro atoms. The summed E-state index contributed by atoms with van der Waals surface area (Å²) in [5.41, 5.74) is 0. The molecule has 1 aliphatic heterocycles. The van der Waals surface area contributed by atoms with Crippen LogP contribution in [0, 0.1) is 0 Å². The van der Waals surface area contributed by atoms with Crippen LogP contribution in [0.1, 0.15) is 43.4 Å². The summed E-state index contributed by atoms with van der Waals surface area (Å²) in [6, 6.07) is 2.02. The summed E-state index contributed by atoms with van der Waals surface area (Å²) in [7, 11) is 0. The molecule has 0 amide bonds. The van der Waals surface area contributed by atoms with E-state index in [1.165, 1.54) is 12.8 Å². The number of rotatable bonds is 7. The zero-order valence-corrected chi connectivity index (χ0v) is 14.7. The fourth-order valence-corrected chi connectivity index (χ4v) is 3.39. The summed E-state index contributed by atoms with van der Waals surface area (Å²) in [6.07, 6.45) is 5.59. The lowest BCUT2D eigenvalue weighted by Gasteiger charge is -2.37. The van der Waals surface area contributed by atoms with Crippen molar-refractivity contribution in [2.45, 2.75) is 44.4 Å². The Morgan fingerprint density at radius 3 is 2.72 bits per heavy atom. The quantitative estimate of drug-likeness (QED) is 0.797. The lowest BCUT2D eigenvalue weighted by molar-refractivity contribution is 0.0459. The molecule has 1 saturated carbocycles. The van der Waals surface area contributed by atoms with Gasteiger partial charge in [0.25, 0.3) is 0 Å². The Bertz CT molecular complexity index is 660. The van der Waals surface area contributed by atoms with Crippen LogP contribution in [0.15, 0.2) is 23.0 Å². The first-order chi connectivity index (χ1) is 12.2. The smallest absolute Gasteiger partial charge is 0.243 e. The van der Waals surface area contributed by atoms with Gasteiger partial charge < -0.3 is 9.63 Å². The predicted molar refractivity (Wildman–Crippen MR) is 90.9 cm³/mol. The van der Waals surface area contributed by atoms with E-state index in [1.54, 1.807) is 10.9 Å². The topological polar surface area (TPSA) is 83.5 Å². The molecule has 0 aromatic carbocycles. The van der Waals surface area contributed by atoms with E-state index >= 15 is 0 Å². The molecule has 2 atom stereocenters. The zero-order chi connectivity index (χ0) is 17.2. The van der Waals surface area contributed by atoms with E-state index in [0.717, 1.165) is 37.9 Å². The molecule has 0 bridgehead atoms. The maximum Gasteiger partial charge on any atom is 0.243 e. The fourth-order valence-electron chi connectivity index (χ4n) is 3.39. The zero-order valence-electron chi connectivity index (χ0n) is 14.7. The number of aliphatic hydroxyl groups excluding tert-OH is 1. The molecule has 4 rings (SSSR count). The Balaban J connectivity index is 1.24. The third kappa shape index (κ3) is 4.08. The van der Waals surface area contributed by atoms with E-state index in [4.69, 9.17) is 4.52 Å². The molecule has 1 aliphatic carbocycles. The minimum Gasteiger partial charge on any atom is -0.390 e. The molecule has 136 valence electrons. The third-order valence-corrected chi connectivity index (χ3v) is 5.14. The molecular formula is C17H26N6O2. The highest BCUT2D eigenvalue weighted by molar-refractivity contribution is 5.04. The predicted octanol–water partition coefficient (Wildman–Crippen LogP) is 0.883. The molecule has 1 saturated heterocycles. The van der Waals surface area contributed by atoms with Crippen LogP contribution in [0.25, 0.3) is 0 Å². The molecule has 2 aliphatic rings. The lowest BCUT2D eigenvalue weighted by Crippen LogP contribution is -2.49. The van der Waals surface area contributed by atoms with Crippen LogP contribution in [-0.4, -0.2) is 73.7 Å². The number of hydrogen-bond acceptors (Lipinski definition) is 7. The van der Waals surface area contributed by atoms with Gasteiger partial charge in [0.1, 0.15) is 0 Å². The van der Waals surface area contributed by atoms with Gasteiger partial charge in [-0.3, -0.25) is 14.5 Å². The summed E-state index contributed by atoms with van der Waals surface area (Å²) >= 11 is 0. The van der Waals surface area contributed by atoms with Gasteiger partial charge in [0, 0.05) is 51.0 Å². The average molecular weight is 346 g/mol. The van der Waals surface area contributed by atoms with Crippen molar-refractivity contribution in [3.8, 4) is 0 Å². The van der Waals surface area contributed by atoms with E-state index in [0.29, 0.717) is 19.0 Å². The lowest BCUT2D eigenvalue weighted by atomic mass is 10.2. The van der Waals surface area contributed by atoms with Gasteiger partial charge in [0.05, 0.1) is 18.7 Å². The summed E-state index contributed by atoms with van der Waals surface area (Å²) in [5, 5.41) is 18.5. The first-order valence-electron chi connectivity index (χ1n) is 9.14. The number of aliphatic hydroxyl groups is 1. The van der Waals surface area contributed by atoms with Crippen molar-refractivity contribution in [3.63, 3.8) is 0 Å². The van der Waals surface area contributed by atoms with Crippen molar-refractivity contribution >= 4 is 0 Å². The highest BCUT2D eigenvalue weighted by atomic mass is 16.5. The summed E-state index contributed by atoms with van der Waals surface area (Å²) in [5.74, 6) is 2.13. The third-order valence-electron chi connectivity index (χ3n) is 5.14. The van der Waals surface area contributed by atoms with Gasteiger partial charge in [0.15, 0.2) is 5.82 Å². The number of nitrogens with zero attached hydrogens (tertiary/aromatic N) is 6. The summed E-state index contributed by atoms with van der Waals surface area (Å²) < 4.78 is 7.24. The van der Waals surface area contributed by atoms with Gasteiger partial charge in [-0.25, -0.2) is 0 Å². The fraction of sp³-hybridized carbons (Fsp3) is 0.706. The summed E-state index contributed by atoms with van der Waals surface area (Å²) in [6.45, 7) is 7.10. The number of β-amino-alcohol motifs (C(OH)–C–C–N with tert-alkyl or cyclic N) is 1. The van der Waals surface area contributed by atoms with Crippen molar-refractivity contribution in [2.24, 2.45) is 0 Å². The Hall–Kier alpha value is -1.77. The Morgan fingerprint density at radius 2 is 2.04 bits per heavy atom. The van der Waals surface area contributed by atoms with E-state index in [1.807, 2.05) is 12.3 Å². The van der Waals surface area contributed by atoms with Crippen LogP contribution in [0.4, 0.5) is 0 Å². The van der Waals surface area contributed by atoms with Gasteiger partial charge in [0.2, 0.25) is 5.89 Å². The van der Waals surface area contributed by atoms with E-state index in [-0.39, 0.29) is 6.04 Å². The highest BCUT2D eigenvalue weighted by Gasteiger charge is 2.31. The van der Waals surface area contributed by atoms with Crippen LogP contribution in [0.3, 0.4) is 0 Å². The maximum absolute atomic E-state index is 10.2. The van der Waals surface area contributed by atoms with E-state index < -0.39 is 6.10 Å². The van der Waals surface area contributed by atoms with Crippen LogP contribution < -0.4 is 0 Å². The van der Waals surface area contributed by atoms with Crippen molar-refractivity contribution in [1.29, 1.82) is 0 Å². The standard InChI is InChI=1S/C17H26N6O2/c1-13(17-19-16(20-25-17)14-3-4-14)22-9-7-21(8-10-22)11-15(24)12-23-6-2-5-18-23/h2,5-6,13-15,24H,3-4,7-12H2,1H3. The largest absolute Gasteiger partial charge is 0.390 e. The molecule has 1 N–H and O–H groups in total. The Labute approximate surface area is 147 Å². The number of hydrogen-bond donors (Lipinski definition) is 1. The number of piperazine rings is 1. The molecule has 2 fully saturated rings. The van der Waals surface area contributed by atoms with Crippen molar-refractivity contribution < 1.29 is 9.63 Å². The normalized spacial score (nSPS) is 22.2. The van der Waals surface area contributed by atoms with Gasteiger partial charge in [-0.05, 0) is 25.8 Å². The van der Waals surface area contributed by atoms with Gasteiger partial charge >= 0.3 is 0 Å². The summed E-state index contributed by atoms with van der Waals surface area (Å²) in [4.78, 5) is 9.26. The molecule has 25 heavy (non-hydrogen) atoms. The molecule has 3 heterocycles. The van der Waals surface area contributed by atoms with E-state index in [9.17, 15) is 5.11 Å². The van der Waals surface area contributed by atoms with Crippen LogP contribution in [0.5, 0.6) is 0 Å². The van der Waals surface area contributed by atoms with Crippen molar-refractivity contribution in [2.75, 3.05) is 32.7 Å². The molecule has 2 aromatic rings. The SMILES string of the molecule is CC(c1nc(C2CC2)no1)N1CCN(CC(O)Cn2cccn2)CC1. The highest BCUT2D eigenvalue weighted by Crippen LogP contribution is 2.38. The van der Waals surface area contributed by atoms with Crippen LogP contribution in [0.2, 0.25) is 0 Å². The van der Waals surface area contributed by atoms with Crippen molar-refractivity contribution in [3.05, 3.63) is 30.2 Å². The van der Waals surface area contributed by atoms with Gasteiger partial charge in [-0.1, -0.05) is 5.16 Å². The average Bonchev–Trinajstić information content (AvgIpc) is 3.13. The van der Waals surface area contributed by atoms with Crippen molar-refractivity contribution in [1.82, 2.24) is 29.7 Å². The van der Waals surface area contributed by atoms with Crippen LogP contribution in [-0.2, 0) is 6.54 Å². The molecule has 8 heteroatoms. The Morgan fingerprint density at radius 1 is 1.24 bits per heavy atom. The van der Waals surface area contributed by atoms with E-state index in [2.05, 4.69) is 32.0 Å². The minimum absolute atomic E-state index is 0.149. The Kier molecular flexibility index (Phi) is 4.82. The van der Waals surface area contributed by atoms with Crippen LogP contribution >= 0.6 is 0 Å². The molecule has 2 aromatic heterocycles. The second-order valence-corrected chi connectivity index (χ2v) is 7.16. The second kappa shape index (κ2) is 7.23. The monoisotopic (exact) mass is 346 g/mol. The first-order valence-corrected chi connectivity index (χ1v) is 9.14. The molecular weight excluding hydrogens is 320 g/mol. The molecule has 0 radical (unpaired) electrons. The van der Waals surface area contributed by atoms with Gasteiger partial charge in [-0.15, -0.1) is 0 Å². The second-order valence-electron chi connectivity index (χ2n) is 7.16. The molecule has 2 unspecified atom stereocenters. The van der Waals surface area contributed by atoms with Gasteiger partial charge in [-0.2, -0.15) is 10.1 Å². The minimum atomic E-state index is -0.402. The molecule has 8 nitrogen and oxygen atoms in total. The first kappa shape index (κ1) is 16.7. The number of aromatic nitrogens is 4. The maximum atomic E-state index is 10.2.